The van der Waals surface area contributed by atoms with Crippen LogP contribution in [-0.4, -0.2) is 39.5 Å². The number of hydrogen-bond acceptors (Lipinski definition) is 3. The Kier molecular flexibility index (Phi) is 4.04. The predicted molar refractivity (Wildman–Crippen MR) is 94.4 cm³/mol. The molecule has 1 aromatic heterocycles. The van der Waals surface area contributed by atoms with Crippen molar-refractivity contribution in [1.29, 1.82) is 0 Å². The highest BCUT2D eigenvalue weighted by atomic mass is 16.2. The maximum absolute atomic E-state index is 12.2. The Hall–Kier alpha value is -1.88. The lowest BCUT2D eigenvalue weighted by Gasteiger charge is -2.37. The number of carbonyl (C=O) groups is 1. The van der Waals surface area contributed by atoms with Gasteiger partial charge >= 0.3 is 0 Å². The Morgan fingerprint density at radius 2 is 2.08 bits per heavy atom. The van der Waals surface area contributed by atoms with Crippen LogP contribution in [0.4, 0.5) is 0 Å². The van der Waals surface area contributed by atoms with Crippen molar-refractivity contribution < 1.29 is 4.79 Å². The van der Waals surface area contributed by atoms with E-state index in [0.717, 1.165) is 50.2 Å². The van der Waals surface area contributed by atoms with Crippen LogP contribution < -0.4 is 5.32 Å². The highest BCUT2D eigenvalue weighted by Gasteiger charge is 2.36. The number of piperidine rings is 1. The monoisotopic (exact) mass is 326 g/mol. The molecule has 2 fully saturated rings. The first-order valence-corrected chi connectivity index (χ1v) is 9.06. The van der Waals surface area contributed by atoms with Gasteiger partial charge in [-0.25, -0.2) is 4.98 Å². The van der Waals surface area contributed by atoms with Gasteiger partial charge in [0.15, 0.2) is 0 Å². The number of para-hydroxylation sites is 2. The van der Waals surface area contributed by atoms with Crippen molar-refractivity contribution in [3.05, 3.63) is 30.1 Å². The summed E-state index contributed by atoms with van der Waals surface area (Å²) in [6, 6.07) is 8.70. The molecule has 5 heteroatoms. The number of benzene rings is 1. The van der Waals surface area contributed by atoms with Gasteiger partial charge in [-0.2, -0.15) is 0 Å². The third kappa shape index (κ3) is 2.93. The molecule has 0 bridgehead atoms. The molecule has 2 aliphatic rings. The second-order valence-electron chi connectivity index (χ2n) is 7.39. The van der Waals surface area contributed by atoms with E-state index in [1.165, 1.54) is 5.52 Å². The molecule has 0 spiro atoms. The lowest BCUT2D eigenvalue weighted by molar-refractivity contribution is -0.134. The molecule has 1 N–H and O–H groups in total. The largest absolute Gasteiger partial charge is 0.342 e. The van der Waals surface area contributed by atoms with Gasteiger partial charge in [0.2, 0.25) is 5.91 Å². The minimum Gasteiger partial charge on any atom is -0.342 e. The summed E-state index contributed by atoms with van der Waals surface area (Å²) < 4.78 is 2.17. The van der Waals surface area contributed by atoms with Crippen molar-refractivity contribution in [2.45, 2.75) is 38.8 Å². The molecule has 1 saturated heterocycles. The highest BCUT2D eigenvalue weighted by molar-refractivity contribution is 5.81. The second kappa shape index (κ2) is 6.20. The fourth-order valence-electron chi connectivity index (χ4n) is 3.81. The van der Waals surface area contributed by atoms with Gasteiger partial charge in [0.05, 0.1) is 17.6 Å². The number of hydrogen-bond donors (Lipinski definition) is 1. The van der Waals surface area contributed by atoms with Gasteiger partial charge in [0.25, 0.3) is 0 Å². The smallest absolute Gasteiger partial charge is 0.225 e. The molecule has 24 heavy (non-hydrogen) atoms. The van der Waals surface area contributed by atoms with Crippen LogP contribution in [0.3, 0.4) is 0 Å². The number of aromatic nitrogens is 2. The van der Waals surface area contributed by atoms with Crippen molar-refractivity contribution in [3.63, 3.8) is 0 Å². The van der Waals surface area contributed by atoms with Gasteiger partial charge in [0.1, 0.15) is 5.82 Å². The number of aryl methyl sites for hydroxylation is 1. The van der Waals surface area contributed by atoms with E-state index in [9.17, 15) is 4.79 Å². The SMILES string of the molecule is C[C@H]1CN(C(=O)C2CC2)CC[C@H]1NCc1nc2ccccc2n1C. The molecule has 1 aromatic carbocycles. The summed E-state index contributed by atoms with van der Waals surface area (Å²) in [5, 5.41) is 3.67. The summed E-state index contributed by atoms with van der Waals surface area (Å²) in [5.41, 5.74) is 2.22. The molecular formula is C19H26N4O. The molecule has 0 radical (unpaired) electrons. The summed E-state index contributed by atoms with van der Waals surface area (Å²) >= 11 is 0. The number of imidazole rings is 1. The fraction of sp³-hybridized carbons (Fsp3) is 0.579. The van der Waals surface area contributed by atoms with E-state index in [-0.39, 0.29) is 0 Å². The lowest BCUT2D eigenvalue weighted by atomic mass is 9.93. The molecule has 0 unspecified atom stereocenters. The summed E-state index contributed by atoms with van der Waals surface area (Å²) in [4.78, 5) is 19.0. The Bertz CT molecular complexity index is 749. The third-order valence-corrected chi connectivity index (χ3v) is 5.55. The Morgan fingerprint density at radius 3 is 2.79 bits per heavy atom. The van der Waals surface area contributed by atoms with Crippen LogP contribution in [0.25, 0.3) is 11.0 Å². The molecule has 2 atom stereocenters. The van der Waals surface area contributed by atoms with Crippen LogP contribution in [0.15, 0.2) is 24.3 Å². The Morgan fingerprint density at radius 1 is 1.29 bits per heavy atom. The molecule has 4 rings (SSSR count). The van der Waals surface area contributed by atoms with Gasteiger partial charge in [0, 0.05) is 32.1 Å². The van der Waals surface area contributed by atoms with Crippen molar-refractivity contribution >= 4 is 16.9 Å². The second-order valence-corrected chi connectivity index (χ2v) is 7.39. The highest BCUT2D eigenvalue weighted by Crippen LogP contribution is 2.32. The minimum atomic E-state index is 0.335. The minimum absolute atomic E-state index is 0.335. The first-order chi connectivity index (χ1) is 11.6. The molecule has 2 aromatic rings. The average molecular weight is 326 g/mol. The zero-order valence-electron chi connectivity index (χ0n) is 14.5. The molecule has 1 amide bonds. The van der Waals surface area contributed by atoms with Crippen molar-refractivity contribution in [2.75, 3.05) is 13.1 Å². The lowest BCUT2D eigenvalue weighted by Crippen LogP contribution is -2.50. The van der Waals surface area contributed by atoms with Crippen LogP contribution in [0.2, 0.25) is 0 Å². The molecule has 5 nitrogen and oxygen atoms in total. The number of rotatable bonds is 4. The number of likely N-dealkylation sites (tertiary alicyclic amines) is 1. The van der Waals surface area contributed by atoms with Crippen LogP contribution in [0.5, 0.6) is 0 Å². The van der Waals surface area contributed by atoms with Crippen molar-refractivity contribution in [3.8, 4) is 0 Å². The van der Waals surface area contributed by atoms with Gasteiger partial charge in [-0.05, 0) is 37.3 Å². The van der Waals surface area contributed by atoms with E-state index >= 15 is 0 Å². The van der Waals surface area contributed by atoms with Gasteiger partial charge in [-0.3, -0.25) is 4.79 Å². The van der Waals surface area contributed by atoms with Crippen LogP contribution in [0, 0.1) is 11.8 Å². The van der Waals surface area contributed by atoms with Gasteiger partial charge < -0.3 is 14.8 Å². The zero-order valence-corrected chi connectivity index (χ0v) is 14.5. The molecule has 128 valence electrons. The maximum Gasteiger partial charge on any atom is 0.225 e. The Balaban J connectivity index is 1.37. The number of nitrogens with zero attached hydrogens (tertiary/aromatic N) is 3. The molecule has 1 aliphatic heterocycles. The normalized spacial score (nSPS) is 24.5. The molecular weight excluding hydrogens is 300 g/mol. The Labute approximate surface area is 143 Å². The summed E-state index contributed by atoms with van der Waals surface area (Å²) in [6.45, 7) is 4.80. The number of fused-ring (bicyclic) bond motifs is 1. The maximum atomic E-state index is 12.2. The third-order valence-electron chi connectivity index (χ3n) is 5.55. The number of carbonyl (C=O) groups excluding carboxylic acids is 1. The molecule has 1 saturated carbocycles. The first-order valence-electron chi connectivity index (χ1n) is 9.06. The van der Waals surface area contributed by atoms with E-state index in [0.29, 0.717) is 23.8 Å². The van der Waals surface area contributed by atoms with Crippen LogP contribution in [-0.2, 0) is 18.4 Å². The van der Waals surface area contributed by atoms with Gasteiger partial charge in [-0.1, -0.05) is 19.1 Å². The zero-order chi connectivity index (χ0) is 16.7. The molecule has 1 aliphatic carbocycles. The van der Waals surface area contributed by atoms with E-state index in [1.807, 2.05) is 6.07 Å². The summed E-state index contributed by atoms with van der Waals surface area (Å²) in [7, 11) is 2.08. The van der Waals surface area contributed by atoms with Crippen molar-refractivity contribution in [2.24, 2.45) is 18.9 Å². The quantitative estimate of drug-likeness (QED) is 0.938. The van der Waals surface area contributed by atoms with E-state index in [2.05, 4.69) is 47.0 Å². The average Bonchev–Trinajstić information content (AvgIpc) is 3.39. The number of nitrogens with one attached hydrogen (secondary N) is 1. The fourth-order valence-corrected chi connectivity index (χ4v) is 3.81. The van der Waals surface area contributed by atoms with E-state index < -0.39 is 0 Å². The topological polar surface area (TPSA) is 50.2 Å². The van der Waals surface area contributed by atoms with Crippen molar-refractivity contribution in [1.82, 2.24) is 19.8 Å². The number of amides is 1. The summed E-state index contributed by atoms with van der Waals surface area (Å²) in [6.07, 6.45) is 3.22. The standard InChI is InChI=1S/C19H26N4O/c1-13-12-23(19(24)14-7-8-14)10-9-15(13)20-11-18-21-16-5-3-4-6-17(16)22(18)2/h3-6,13-15,20H,7-12H2,1-2H3/t13-,15+/m0/s1. The first kappa shape index (κ1) is 15.6. The predicted octanol–water partition coefficient (Wildman–Crippen LogP) is 2.31. The van der Waals surface area contributed by atoms with E-state index in [1.54, 1.807) is 0 Å². The summed E-state index contributed by atoms with van der Waals surface area (Å²) in [5.74, 6) is 2.27. The molecule has 2 heterocycles. The van der Waals surface area contributed by atoms with Crippen LogP contribution >= 0.6 is 0 Å². The van der Waals surface area contributed by atoms with E-state index in [4.69, 9.17) is 4.98 Å². The van der Waals surface area contributed by atoms with Crippen LogP contribution in [0.1, 0.15) is 32.0 Å². The van der Waals surface area contributed by atoms with Gasteiger partial charge in [-0.15, -0.1) is 0 Å².